The molecule has 0 aliphatic carbocycles. The summed E-state index contributed by atoms with van der Waals surface area (Å²) >= 11 is 0. The lowest BCUT2D eigenvalue weighted by Crippen LogP contribution is -2.18. The first-order chi connectivity index (χ1) is 10.0. The number of aryl methyl sites for hydroxylation is 1. The lowest BCUT2D eigenvalue weighted by molar-refractivity contribution is -0.136. The second-order valence-corrected chi connectivity index (χ2v) is 5.50. The van der Waals surface area contributed by atoms with Crippen LogP contribution in [0.3, 0.4) is 0 Å². The predicted octanol–water partition coefficient (Wildman–Crippen LogP) is 3.25. The molecule has 21 heavy (non-hydrogen) atoms. The lowest BCUT2D eigenvalue weighted by atomic mass is 10.0. The van der Waals surface area contributed by atoms with Crippen molar-refractivity contribution in [1.82, 2.24) is 4.90 Å². The summed E-state index contributed by atoms with van der Waals surface area (Å²) < 4.78 is 0. The van der Waals surface area contributed by atoms with Crippen LogP contribution >= 0.6 is 0 Å². The van der Waals surface area contributed by atoms with Crippen molar-refractivity contribution in [2.24, 2.45) is 0 Å². The fourth-order valence-corrected chi connectivity index (χ4v) is 2.40. The van der Waals surface area contributed by atoms with E-state index >= 15 is 0 Å². The number of carboxylic acids is 1. The van der Waals surface area contributed by atoms with Crippen LogP contribution in [0.25, 0.3) is 0 Å². The van der Waals surface area contributed by atoms with Crippen molar-refractivity contribution in [3.8, 4) is 0 Å². The fourth-order valence-electron chi connectivity index (χ4n) is 2.40. The second kappa shape index (κ2) is 7.04. The van der Waals surface area contributed by atoms with E-state index in [0.29, 0.717) is 0 Å². The van der Waals surface area contributed by atoms with Gasteiger partial charge in [0.25, 0.3) is 0 Å². The van der Waals surface area contributed by atoms with Gasteiger partial charge < -0.3 is 5.11 Å². The van der Waals surface area contributed by atoms with Crippen molar-refractivity contribution < 1.29 is 9.90 Å². The molecule has 0 radical (unpaired) electrons. The minimum Gasteiger partial charge on any atom is -0.481 e. The third-order valence-electron chi connectivity index (χ3n) is 3.47. The Balaban J connectivity index is 2.03. The zero-order valence-corrected chi connectivity index (χ0v) is 12.5. The smallest absolute Gasteiger partial charge is 0.307 e. The van der Waals surface area contributed by atoms with Gasteiger partial charge in [0.1, 0.15) is 0 Å². The van der Waals surface area contributed by atoms with Crippen LogP contribution in [0.2, 0.25) is 0 Å². The quantitative estimate of drug-likeness (QED) is 0.884. The SMILES string of the molecule is Cc1ccc(CN(C)Cc2ccccc2CC(=O)O)cc1. The van der Waals surface area contributed by atoms with Gasteiger partial charge in [0, 0.05) is 13.1 Å². The summed E-state index contributed by atoms with van der Waals surface area (Å²) in [6.45, 7) is 3.68. The van der Waals surface area contributed by atoms with Crippen molar-refractivity contribution >= 4 is 5.97 Å². The highest BCUT2D eigenvalue weighted by molar-refractivity contribution is 5.70. The predicted molar refractivity (Wildman–Crippen MR) is 84.1 cm³/mol. The third kappa shape index (κ3) is 4.72. The van der Waals surface area contributed by atoms with E-state index in [-0.39, 0.29) is 6.42 Å². The van der Waals surface area contributed by atoms with Gasteiger partial charge >= 0.3 is 5.97 Å². The van der Waals surface area contributed by atoms with Crippen molar-refractivity contribution in [1.29, 1.82) is 0 Å². The Labute approximate surface area is 125 Å². The summed E-state index contributed by atoms with van der Waals surface area (Å²) in [5.74, 6) is -0.788. The van der Waals surface area contributed by atoms with Gasteiger partial charge in [-0.15, -0.1) is 0 Å². The van der Waals surface area contributed by atoms with E-state index in [0.717, 1.165) is 24.2 Å². The Bertz CT molecular complexity index is 605. The molecular formula is C18H21NO2. The molecule has 1 N–H and O–H groups in total. The van der Waals surface area contributed by atoms with E-state index in [2.05, 4.69) is 43.1 Å². The number of benzene rings is 2. The molecule has 0 spiro atoms. The maximum absolute atomic E-state index is 10.9. The van der Waals surface area contributed by atoms with Crippen LogP contribution < -0.4 is 0 Å². The molecule has 110 valence electrons. The Hall–Kier alpha value is -2.13. The van der Waals surface area contributed by atoms with E-state index in [1.54, 1.807) is 0 Å². The largest absolute Gasteiger partial charge is 0.481 e. The van der Waals surface area contributed by atoms with Gasteiger partial charge in [0.2, 0.25) is 0 Å². The molecule has 0 fully saturated rings. The van der Waals surface area contributed by atoms with Crippen molar-refractivity contribution in [3.63, 3.8) is 0 Å². The standard InChI is InChI=1S/C18H21NO2/c1-14-7-9-15(10-8-14)12-19(2)13-17-6-4-3-5-16(17)11-18(20)21/h3-10H,11-13H2,1-2H3,(H,20,21). The van der Waals surface area contributed by atoms with E-state index in [4.69, 9.17) is 5.11 Å². The summed E-state index contributed by atoms with van der Waals surface area (Å²) in [5.41, 5.74) is 4.49. The highest BCUT2D eigenvalue weighted by Crippen LogP contribution is 2.14. The molecule has 0 aliphatic rings. The molecule has 0 aliphatic heterocycles. The van der Waals surface area contributed by atoms with Crippen molar-refractivity contribution in [3.05, 3.63) is 70.8 Å². The minimum absolute atomic E-state index is 0.0779. The first-order valence-electron chi connectivity index (χ1n) is 7.07. The molecule has 0 bridgehead atoms. The number of hydrogen-bond acceptors (Lipinski definition) is 2. The summed E-state index contributed by atoms with van der Waals surface area (Å²) in [7, 11) is 2.05. The number of hydrogen-bond donors (Lipinski definition) is 1. The molecule has 0 atom stereocenters. The summed E-state index contributed by atoms with van der Waals surface area (Å²) in [6, 6.07) is 16.2. The van der Waals surface area contributed by atoms with Crippen LogP contribution in [0.1, 0.15) is 22.3 Å². The number of aliphatic carboxylic acids is 1. The zero-order chi connectivity index (χ0) is 15.2. The topological polar surface area (TPSA) is 40.5 Å². The van der Waals surface area contributed by atoms with Crippen LogP contribution in [0.15, 0.2) is 48.5 Å². The monoisotopic (exact) mass is 283 g/mol. The molecule has 0 heterocycles. The van der Waals surface area contributed by atoms with E-state index in [1.165, 1.54) is 11.1 Å². The Morgan fingerprint density at radius 1 is 1.00 bits per heavy atom. The zero-order valence-electron chi connectivity index (χ0n) is 12.5. The van der Waals surface area contributed by atoms with Crippen LogP contribution in [0, 0.1) is 6.92 Å². The highest BCUT2D eigenvalue weighted by Gasteiger charge is 2.08. The average Bonchev–Trinajstić information content (AvgIpc) is 2.43. The van der Waals surface area contributed by atoms with Gasteiger partial charge in [-0.2, -0.15) is 0 Å². The summed E-state index contributed by atoms with van der Waals surface area (Å²) in [4.78, 5) is 13.1. The van der Waals surface area contributed by atoms with Crippen molar-refractivity contribution in [2.45, 2.75) is 26.4 Å². The summed E-state index contributed by atoms with van der Waals surface area (Å²) in [6.07, 6.45) is 0.0779. The lowest BCUT2D eigenvalue weighted by Gasteiger charge is -2.18. The van der Waals surface area contributed by atoms with Gasteiger partial charge in [-0.25, -0.2) is 0 Å². The molecule has 0 amide bonds. The van der Waals surface area contributed by atoms with Crippen LogP contribution in [-0.2, 0) is 24.3 Å². The fraction of sp³-hybridized carbons (Fsp3) is 0.278. The van der Waals surface area contributed by atoms with Crippen LogP contribution in [-0.4, -0.2) is 23.0 Å². The molecule has 2 aromatic carbocycles. The molecule has 0 aromatic heterocycles. The van der Waals surface area contributed by atoms with Gasteiger partial charge in [-0.3, -0.25) is 9.69 Å². The first-order valence-corrected chi connectivity index (χ1v) is 7.07. The van der Waals surface area contributed by atoms with Crippen LogP contribution in [0.4, 0.5) is 0 Å². The second-order valence-electron chi connectivity index (χ2n) is 5.50. The molecule has 0 saturated heterocycles. The molecule has 0 unspecified atom stereocenters. The van der Waals surface area contributed by atoms with Gasteiger partial charge in [0.15, 0.2) is 0 Å². The van der Waals surface area contributed by atoms with Crippen LogP contribution in [0.5, 0.6) is 0 Å². The molecule has 3 heteroatoms. The molecular weight excluding hydrogens is 262 g/mol. The molecule has 2 rings (SSSR count). The van der Waals surface area contributed by atoms with E-state index in [1.807, 2.05) is 24.3 Å². The minimum atomic E-state index is -0.788. The Kier molecular flexibility index (Phi) is 5.12. The third-order valence-corrected chi connectivity index (χ3v) is 3.47. The number of carboxylic acid groups (broad SMARTS) is 1. The van der Waals surface area contributed by atoms with E-state index in [9.17, 15) is 4.79 Å². The number of nitrogens with zero attached hydrogens (tertiary/aromatic N) is 1. The maximum atomic E-state index is 10.9. The normalized spacial score (nSPS) is 10.8. The Morgan fingerprint density at radius 2 is 1.62 bits per heavy atom. The van der Waals surface area contributed by atoms with Gasteiger partial charge in [-0.05, 0) is 30.7 Å². The summed E-state index contributed by atoms with van der Waals surface area (Å²) in [5, 5.41) is 8.97. The number of rotatable bonds is 6. The van der Waals surface area contributed by atoms with Gasteiger partial charge in [0.05, 0.1) is 6.42 Å². The maximum Gasteiger partial charge on any atom is 0.307 e. The highest BCUT2D eigenvalue weighted by atomic mass is 16.4. The average molecular weight is 283 g/mol. The molecule has 2 aromatic rings. The first kappa shape index (κ1) is 15.3. The molecule has 0 saturated carbocycles. The van der Waals surface area contributed by atoms with Gasteiger partial charge in [-0.1, -0.05) is 54.1 Å². The number of carbonyl (C=O) groups is 1. The van der Waals surface area contributed by atoms with E-state index < -0.39 is 5.97 Å². The Morgan fingerprint density at radius 3 is 2.24 bits per heavy atom. The van der Waals surface area contributed by atoms with Crippen molar-refractivity contribution in [2.75, 3.05) is 7.05 Å². The molecule has 3 nitrogen and oxygen atoms in total.